The van der Waals surface area contributed by atoms with Crippen molar-refractivity contribution in [3.05, 3.63) is 63.2 Å². The molecule has 1 atom stereocenters. The Morgan fingerprint density at radius 2 is 1.90 bits per heavy atom. The van der Waals surface area contributed by atoms with Crippen LogP contribution in [0.2, 0.25) is 0 Å². The highest BCUT2D eigenvalue weighted by Gasteiger charge is 2.46. The fraction of sp³-hybridized carbons (Fsp3) is 0.533. The van der Waals surface area contributed by atoms with Gasteiger partial charge in [0, 0.05) is 70.2 Å². The first-order valence-electron chi connectivity index (χ1n) is 14.7. The van der Waals surface area contributed by atoms with E-state index in [0.717, 1.165) is 42.3 Å². The second-order valence-electron chi connectivity index (χ2n) is 11.1. The summed E-state index contributed by atoms with van der Waals surface area (Å²) in [6.45, 7) is 3.38. The number of H-pyrrole nitrogens is 1. The third-order valence-electron chi connectivity index (χ3n) is 8.46. The van der Waals surface area contributed by atoms with Gasteiger partial charge in [-0.15, -0.1) is 11.8 Å². The summed E-state index contributed by atoms with van der Waals surface area (Å²) in [6.07, 6.45) is 5.37. The van der Waals surface area contributed by atoms with Crippen molar-refractivity contribution in [3.8, 4) is 0 Å². The number of fused-ring (bicyclic) bond motifs is 1. The number of benzene rings is 1. The fourth-order valence-corrected chi connectivity index (χ4v) is 7.06. The number of nitrogens with zero attached hydrogens (tertiary/aromatic N) is 1. The summed E-state index contributed by atoms with van der Waals surface area (Å²) in [5.74, 6) is -2.75. The van der Waals surface area contributed by atoms with Crippen molar-refractivity contribution in [2.75, 3.05) is 6.26 Å². The third kappa shape index (κ3) is 5.66. The van der Waals surface area contributed by atoms with Gasteiger partial charge in [-0.2, -0.15) is 0 Å². The standard InChI is InChI=1S/C30H38F2N4O2S/c1-17-13-26(39-4)24(28(37)34-17)16-33-29(38)27-19(3)36(25-8-6-5-7-23(25)27)18(2)20-9-11-21(12-10-20)35-22-14-30(31,32)15-22/h5-8,13,18,20-22,35H,9-12,14-16H2,1-4H3,(H,33,38)(H,34,37)/t18-,20?,21?/m1/s1/i16D2. The van der Waals surface area contributed by atoms with Crippen LogP contribution in [-0.4, -0.2) is 39.7 Å². The summed E-state index contributed by atoms with van der Waals surface area (Å²) in [5.41, 5.74) is 1.97. The van der Waals surface area contributed by atoms with E-state index in [1.165, 1.54) is 11.8 Å². The van der Waals surface area contributed by atoms with E-state index in [1.54, 1.807) is 19.2 Å². The van der Waals surface area contributed by atoms with Crippen molar-refractivity contribution in [1.82, 2.24) is 20.2 Å². The maximum absolute atomic E-state index is 13.7. The first-order valence-corrected chi connectivity index (χ1v) is 14.9. The van der Waals surface area contributed by atoms with E-state index >= 15 is 0 Å². The van der Waals surface area contributed by atoms with Gasteiger partial charge in [0.05, 0.1) is 8.30 Å². The van der Waals surface area contributed by atoms with Crippen molar-refractivity contribution in [1.29, 1.82) is 0 Å². The van der Waals surface area contributed by atoms with E-state index in [4.69, 9.17) is 2.74 Å². The molecular weight excluding hydrogens is 518 g/mol. The van der Waals surface area contributed by atoms with E-state index in [2.05, 4.69) is 27.1 Å². The molecule has 5 rings (SSSR count). The molecule has 6 nitrogen and oxygen atoms in total. The Morgan fingerprint density at radius 1 is 1.21 bits per heavy atom. The van der Waals surface area contributed by atoms with E-state index in [0.29, 0.717) is 22.1 Å². The van der Waals surface area contributed by atoms with Gasteiger partial charge < -0.3 is 20.2 Å². The highest BCUT2D eigenvalue weighted by Crippen LogP contribution is 2.41. The van der Waals surface area contributed by atoms with Crippen LogP contribution in [0.25, 0.3) is 10.9 Å². The van der Waals surface area contributed by atoms with Crippen LogP contribution in [0.3, 0.4) is 0 Å². The van der Waals surface area contributed by atoms with E-state index in [9.17, 15) is 18.4 Å². The van der Waals surface area contributed by atoms with Crippen LogP contribution in [0.15, 0.2) is 40.0 Å². The summed E-state index contributed by atoms with van der Waals surface area (Å²) in [4.78, 5) is 29.6. The van der Waals surface area contributed by atoms with E-state index in [1.807, 2.05) is 31.2 Å². The highest BCUT2D eigenvalue weighted by molar-refractivity contribution is 7.98. The van der Waals surface area contributed by atoms with Gasteiger partial charge in [0.1, 0.15) is 0 Å². The number of carbonyl (C=O) groups is 1. The first-order chi connectivity index (χ1) is 19.3. The minimum atomic E-state index is -2.52. The molecule has 3 aromatic rings. The number of amides is 1. The molecule has 2 heterocycles. The Kier molecular flexibility index (Phi) is 7.20. The van der Waals surface area contributed by atoms with Gasteiger partial charge in [0.2, 0.25) is 0 Å². The molecule has 3 N–H and O–H groups in total. The van der Waals surface area contributed by atoms with Crippen molar-refractivity contribution in [3.63, 3.8) is 0 Å². The van der Waals surface area contributed by atoms with Crippen molar-refractivity contribution in [2.24, 2.45) is 5.92 Å². The number of halogens is 2. The maximum Gasteiger partial charge on any atom is 0.254 e. The number of para-hydroxylation sites is 1. The summed E-state index contributed by atoms with van der Waals surface area (Å²) in [6, 6.07) is 9.58. The van der Waals surface area contributed by atoms with E-state index < -0.39 is 23.9 Å². The molecule has 2 fully saturated rings. The summed E-state index contributed by atoms with van der Waals surface area (Å²) in [5, 5.41) is 6.67. The number of nitrogens with one attached hydrogen (secondary N) is 3. The molecule has 0 radical (unpaired) electrons. The molecule has 2 saturated carbocycles. The van der Waals surface area contributed by atoms with Crippen LogP contribution in [-0.2, 0) is 6.50 Å². The van der Waals surface area contributed by atoms with Crippen LogP contribution >= 0.6 is 11.8 Å². The minimum absolute atomic E-state index is 0.0719. The Morgan fingerprint density at radius 3 is 2.56 bits per heavy atom. The molecule has 9 heteroatoms. The third-order valence-corrected chi connectivity index (χ3v) is 9.22. The van der Waals surface area contributed by atoms with Gasteiger partial charge in [-0.25, -0.2) is 8.78 Å². The molecule has 0 saturated heterocycles. The molecule has 0 spiro atoms. The molecule has 2 aliphatic carbocycles. The molecule has 39 heavy (non-hydrogen) atoms. The lowest BCUT2D eigenvalue weighted by Crippen LogP contribution is -2.52. The number of hydrogen-bond acceptors (Lipinski definition) is 4. The van der Waals surface area contributed by atoms with Crippen LogP contribution < -0.4 is 16.2 Å². The van der Waals surface area contributed by atoms with Crippen LogP contribution in [0.1, 0.15) is 81.5 Å². The summed E-state index contributed by atoms with van der Waals surface area (Å²) in [7, 11) is 0. The van der Waals surface area contributed by atoms with Gasteiger partial charge in [-0.1, -0.05) is 18.2 Å². The zero-order chi connectivity index (χ0) is 29.7. The number of thioether (sulfide) groups is 1. The zero-order valence-electron chi connectivity index (χ0n) is 24.9. The monoisotopic (exact) mass is 558 g/mol. The summed E-state index contributed by atoms with van der Waals surface area (Å²) < 4.78 is 46.1. The van der Waals surface area contributed by atoms with Gasteiger partial charge in [-0.05, 0) is 70.8 Å². The van der Waals surface area contributed by atoms with Gasteiger partial charge in [0.15, 0.2) is 0 Å². The molecule has 2 aromatic heterocycles. The molecule has 0 bridgehead atoms. The van der Waals surface area contributed by atoms with Crippen molar-refractivity contribution in [2.45, 2.75) is 94.7 Å². The lowest BCUT2D eigenvalue weighted by molar-refractivity contribution is -0.0957. The van der Waals surface area contributed by atoms with Gasteiger partial charge in [-0.3, -0.25) is 9.59 Å². The molecular formula is C30H38F2N4O2S. The SMILES string of the molecule is [2H]C([2H])(NC(=O)c1c(C)n([C@H](C)C2CCC(NC3CC(F)(F)C3)CC2)c2ccccc12)c1c(SC)cc(C)[nH]c1=O. The number of pyridine rings is 1. The second kappa shape index (κ2) is 11.1. The molecule has 0 unspecified atom stereocenters. The van der Waals surface area contributed by atoms with Gasteiger partial charge in [0.25, 0.3) is 17.4 Å². The minimum Gasteiger partial charge on any atom is -0.348 e. The molecule has 1 amide bonds. The fourth-order valence-electron chi connectivity index (χ4n) is 6.41. The number of aromatic nitrogens is 2. The number of hydrogen-bond donors (Lipinski definition) is 3. The molecule has 1 aromatic carbocycles. The largest absolute Gasteiger partial charge is 0.348 e. The van der Waals surface area contributed by atoms with Crippen LogP contribution in [0, 0.1) is 19.8 Å². The number of carbonyl (C=O) groups excluding carboxylic acids is 1. The predicted octanol–water partition coefficient (Wildman–Crippen LogP) is 6.11. The molecule has 0 aliphatic heterocycles. The Bertz CT molecular complexity index is 1510. The van der Waals surface area contributed by atoms with Gasteiger partial charge >= 0.3 is 0 Å². The topological polar surface area (TPSA) is 78.9 Å². The lowest BCUT2D eigenvalue weighted by Gasteiger charge is -2.41. The number of aryl methyl sites for hydroxylation is 1. The van der Waals surface area contributed by atoms with Crippen molar-refractivity contribution >= 4 is 28.6 Å². The number of rotatable bonds is 8. The Hall–Kier alpha value is -2.65. The Balaban J connectivity index is 1.37. The first kappa shape index (κ1) is 25.3. The highest BCUT2D eigenvalue weighted by atomic mass is 32.2. The number of aromatic amines is 1. The molecule has 2 aliphatic rings. The Labute approximate surface area is 235 Å². The van der Waals surface area contributed by atoms with Crippen LogP contribution in [0.4, 0.5) is 8.78 Å². The van der Waals surface area contributed by atoms with E-state index in [-0.39, 0.29) is 36.5 Å². The van der Waals surface area contributed by atoms with Crippen molar-refractivity contribution < 1.29 is 16.3 Å². The normalized spacial score (nSPS) is 23.1. The molecule has 210 valence electrons. The smallest absolute Gasteiger partial charge is 0.254 e. The lowest BCUT2D eigenvalue weighted by atomic mass is 9.80. The quantitative estimate of drug-likeness (QED) is 0.292. The van der Waals surface area contributed by atoms with Crippen LogP contribution in [0.5, 0.6) is 0 Å². The maximum atomic E-state index is 13.7. The summed E-state index contributed by atoms with van der Waals surface area (Å²) >= 11 is 1.26. The number of alkyl halides is 2. The predicted molar refractivity (Wildman–Crippen MR) is 153 cm³/mol. The average molecular weight is 559 g/mol. The zero-order valence-corrected chi connectivity index (χ0v) is 23.7. The average Bonchev–Trinajstić information content (AvgIpc) is 3.18. The second-order valence-corrected chi connectivity index (χ2v) is 12.0.